The largest absolute Gasteiger partial charge is 0.478 e. The lowest BCUT2D eigenvalue weighted by molar-refractivity contribution is 0.0697. The van der Waals surface area contributed by atoms with Crippen LogP contribution in [0.4, 0.5) is 11.4 Å². The van der Waals surface area contributed by atoms with E-state index >= 15 is 0 Å². The molecular formula is C13H15N3O2S. The summed E-state index contributed by atoms with van der Waals surface area (Å²) in [5.41, 5.74) is 9.27. The van der Waals surface area contributed by atoms with Gasteiger partial charge in [0.1, 0.15) is 0 Å². The molecule has 1 heterocycles. The molecule has 0 amide bonds. The Balaban J connectivity index is 2.25. The molecule has 0 saturated heterocycles. The second kappa shape index (κ2) is 5.71. The highest BCUT2D eigenvalue weighted by molar-refractivity contribution is 7.09. The Morgan fingerprint density at radius 2 is 2.32 bits per heavy atom. The second-order valence-corrected chi connectivity index (χ2v) is 5.03. The SMILES string of the molecule is CCN(Cc1cncs1)c1ccc(C(=O)O)cc1N. The number of nitrogen functional groups attached to an aromatic ring is 1. The Labute approximate surface area is 115 Å². The minimum atomic E-state index is -0.969. The predicted molar refractivity (Wildman–Crippen MR) is 76.7 cm³/mol. The highest BCUT2D eigenvalue weighted by Crippen LogP contribution is 2.26. The number of aromatic nitrogens is 1. The van der Waals surface area contributed by atoms with Crippen molar-refractivity contribution in [3.8, 4) is 0 Å². The van der Waals surface area contributed by atoms with Crippen LogP contribution in [0.2, 0.25) is 0 Å². The molecule has 0 fully saturated rings. The van der Waals surface area contributed by atoms with Gasteiger partial charge in [-0.2, -0.15) is 0 Å². The molecule has 0 atom stereocenters. The monoisotopic (exact) mass is 277 g/mol. The van der Waals surface area contributed by atoms with Crippen molar-refractivity contribution in [2.45, 2.75) is 13.5 Å². The number of rotatable bonds is 5. The van der Waals surface area contributed by atoms with E-state index in [-0.39, 0.29) is 5.56 Å². The quantitative estimate of drug-likeness (QED) is 0.821. The number of anilines is 2. The van der Waals surface area contributed by atoms with E-state index in [1.165, 1.54) is 6.07 Å². The number of nitrogens with zero attached hydrogens (tertiary/aromatic N) is 2. The molecule has 3 N–H and O–H groups in total. The Hall–Kier alpha value is -2.08. The van der Waals surface area contributed by atoms with Gasteiger partial charge in [-0.1, -0.05) is 0 Å². The molecule has 0 spiro atoms. The summed E-state index contributed by atoms with van der Waals surface area (Å²) in [7, 11) is 0. The van der Waals surface area contributed by atoms with Crippen LogP contribution < -0.4 is 10.6 Å². The third kappa shape index (κ3) is 3.03. The number of carboxylic acids is 1. The average Bonchev–Trinajstić information content (AvgIpc) is 2.89. The highest BCUT2D eigenvalue weighted by atomic mass is 32.1. The smallest absolute Gasteiger partial charge is 0.335 e. The summed E-state index contributed by atoms with van der Waals surface area (Å²) in [6.07, 6.45) is 1.83. The van der Waals surface area contributed by atoms with E-state index in [4.69, 9.17) is 10.8 Å². The van der Waals surface area contributed by atoms with Crippen LogP contribution in [0, 0.1) is 0 Å². The number of carboxylic acid groups (broad SMARTS) is 1. The Kier molecular flexibility index (Phi) is 4.01. The first-order valence-electron chi connectivity index (χ1n) is 5.87. The Bertz CT molecular complexity index is 569. The van der Waals surface area contributed by atoms with Gasteiger partial charge in [-0.25, -0.2) is 4.79 Å². The molecule has 6 heteroatoms. The zero-order chi connectivity index (χ0) is 13.8. The highest BCUT2D eigenvalue weighted by Gasteiger charge is 2.12. The van der Waals surface area contributed by atoms with Gasteiger partial charge < -0.3 is 15.7 Å². The second-order valence-electron chi connectivity index (χ2n) is 4.06. The summed E-state index contributed by atoms with van der Waals surface area (Å²) in [6, 6.07) is 4.82. The van der Waals surface area contributed by atoms with Crippen LogP contribution in [0.15, 0.2) is 29.9 Å². The first-order valence-corrected chi connectivity index (χ1v) is 6.75. The van der Waals surface area contributed by atoms with E-state index in [9.17, 15) is 4.79 Å². The molecule has 5 nitrogen and oxygen atoms in total. The molecule has 0 radical (unpaired) electrons. The van der Waals surface area contributed by atoms with Gasteiger partial charge >= 0.3 is 5.97 Å². The van der Waals surface area contributed by atoms with Crippen molar-refractivity contribution in [2.75, 3.05) is 17.2 Å². The number of carbonyl (C=O) groups is 1. The van der Waals surface area contributed by atoms with Crippen molar-refractivity contribution in [1.29, 1.82) is 0 Å². The minimum Gasteiger partial charge on any atom is -0.478 e. The number of nitrogens with two attached hydrogens (primary N) is 1. The molecule has 1 aromatic heterocycles. The molecule has 0 aliphatic carbocycles. The van der Waals surface area contributed by atoms with Crippen LogP contribution in [0.3, 0.4) is 0 Å². The molecule has 100 valence electrons. The fraction of sp³-hybridized carbons (Fsp3) is 0.231. The van der Waals surface area contributed by atoms with E-state index in [0.29, 0.717) is 5.69 Å². The normalized spacial score (nSPS) is 10.4. The molecule has 0 aliphatic rings. The lowest BCUT2D eigenvalue weighted by atomic mass is 10.1. The average molecular weight is 277 g/mol. The van der Waals surface area contributed by atoms with E-state index in [1.807, 2.05) is 13.1 Å². The van der Waals surface area contributed by atoms with Crippen molar-refractivity contribution in [3.05, 3.63) is 40.3 Å². The van der Waals surface area contributed by atoms with E-state index in [0.717, 1.165) is 23.7 Å². The van der Waals surface area contributed by atoms with Gasteiger partial charge in [0, 0.05) is 17.6 Å². The van der Waals surface area contributed by atoms with Crippen LogP contribution in [-0.4, -0.2) is 22.6 Å². The molecule has 0 bridgehead atoms. The topological polar surface area (TPSA) is 79.5 Å². The van der Waals surface area contributed by atoms with Gasteiger partial charge in [-0.05, 0) is 25.1 Å². The predicted octanol–water partition coefficient (Wildman–Crippen LogP) is 2.45. The number of aromatic carboxylic acids is 1. The molecule has 1 aromatic carbocycles. The Morgan fingerprint density at radius 3 is 2.84 bits per heavy atom. The van der Waals surface area contributed by atoms with Crippen molar-refractivity contribution >= 4 is 28.7 Å². The Morgan fingerprint density at radius 1 is 1.53 bits per heavy atom. The molecule has 0 saturated carbocycles. The third-order valence-electron chi connectivity index (χ3n) is 2.83. The van der Waals surface area contributed by atoms with Crippen molar-refractivity contribution < 1.29 is 9.90 Å². The number of hydrogen-bond donors (Lipinski definition) is 2. The number of thiazole rings is 1. The fourth-order valence-corrected chi connectivity index (χ4v) is 2.46. The van der Waals surface area contributed by atoms with E-state index in [2.05, 4.69) is 9.88 Å². The molecule has 2 rings (SSSR count). The van der Waals surface area contributed by atoms with Gasteiger partial charge in [-0.3, -0.25) is 4.98 Å². The van der Waals surface area contributed by atoms with E-state index in [1.54, 1.807) is 29.0 Å². The van der Waals surface area contributed by atoms with Gasteiger partial charge in [0.15, 0.2) is 0 Å². The molecular weight excluding hydrogens is 262 g/mol. The van der Waals surface area contributed by atoms with E-state index < -0.39 is 5.97 Å². The van der Waals surface area contributed by atoms with Crippen molar-refractivity contribution in [1.82, 2.24) is 4.98 Å². The fourth-order valence-electron chi connectivity index (χ4n) is 1.85. The standard InChI is InChI=1S/C13H15N3O2S/c1-2-16(7-10-6-15-8-19-10)12-4-3-9(13(17)18)5-11(12)14/h3-6,8H,2,7,14H2,1H3,(H,17,18). The molecule has 19 heavy (non-hydrogen) atoms. The first-order chi connectivity index (χ1) is 9.11. The van der Waals surface area contributed by atoms with Crippen LogP contribution in [-0.2, 0) is 6.54 Å². The van der Waals surface area contributed by atoms with Crippen molar-refractivity contribution in [2.24, 2.45) is 0 Å². The van der Waals surface area contributed by atoms with Crippen LogP contribution in [0.1, 0.15) is 22.2 Å². The maximum absolute atomic E-state index is 10.9. The van der Waals surface area contributed by atoms with Crippen LogP contribution in [0.25, 0.3) is 0 Å². The maximum Gasteiger partial charge on any atom is 0.335 e. The lowest BCUT2D eigenvalue weighted by Crippen LogP contribution is -2.22. The maximum atomic E-state index is 10.9. The zero-order valence-electron chi connectivity index (χ0n) is 10.5. The van der Waals surface area contributed by atoms with Gasteiger partial charge in [0.2, 0.25) is 0 Å². The van der Waals surface area contributed by atoms with Crippen molar-refractivity contribution in [3.63, 3.8) is 0 Å². The summed E-state index contributed by atoms with van der Waals surface area (Å²) in [4.78, 5) is 18.2. The minimum absolute atomic E-state index is 0.204. The summed E-state index contributed by atoms with van der Waals surface area (Å²) in [5.74, 6) is -0.969. The summed E-state index contributed by atoms with van der Waals surface area (Å²) < 4.78 is 0. The van der Waals surface area contributed by atoms with Gasteiger partial charge in [-0.15, -0.1) is 11.3 Å². The first kappa shape index (κ1) is 13.4. The summed E-state index contributed by atoms with van der Waals surface area (Å²) >= 11 is 1.59. The summed E-state index contributed by atoms with van der Waals surface area (Å²) in [5, 5.41) is 8.93. The lowest BCUT2D eigenvalue weighted by Gasteiger charge is -2.24. The molecule has 2 aromatic rings. The van der Waals surface area contributed by atoms with Crippen LogP contribution in [0.5, 0.6) is 0 Å². The number of hydrogen-bond acceptors (Lipinski definition) is 5. The molecule has 0 aliphatic heterocycles. The molecule has 0 unspecified atom stereocenters. The van der Waals surface area contributed by atoms with Crippen LogP contribution >= 0.6 is 11.3 Å². The summed E-state index contributed by atoms with van der Waals surface area (Å²) in [6.45, 7) is 3.54. The van der Waals surface area contributed by atoms with Gasteiger partial charge in [0.05, 0.1) is 29.0 Å². The number of benzene rings is 1. The third-order valence-corrected chi connectivity index (χ3v) is 3.59. The zero-order valence-corrected chi connectivity index (χ0v) is 11.4. The van der Waals surface area contributed by atoms with Gasteiger partial charge in [0.25, 0.3) is 0 Å².